The molecule has 0 fully saturated rings. The number of rotatable bonds is 23. The smallest absolute Gasteiger partial charge is 0.135 e. The maximum absolute atomic E-state index is 6.55. The van der Waals surface area contributed by atoms with Crippen molar-refractivity contribution >= 4 is 33.1 Å². The Morgan fingerprint density at radius 1 is 0.475 bits per heavy atom. The van der Waals surface area contributed by atoms with Crippen molar-refractivity contribution in [3.05, 3.63) is 48.0 Å². The van der Waals surface area contributed by atoms with Gasteiger partial charge in [0.25, 0.3) is 0 Å². The lowest BCUT2D eigenvalue weighted by molar-refractivity contribution is 0.306. The van der Waals surface area contributed by atoms with Gasteiger partial charge in [0.15, 0.2) is 0 Å². The highest BCUT2D eigenvalue weighted by Crippen LogP contribution is 2.43. The monoisotopic (exact) mass is 566 g/mol. The molecule has 0 bridgehead atoms. The number of fused-ring (bicyclic) bond motifs is 2. The van der Waals surface area contributed by atoms with E-state index < -0.39 is 0 Å². The minimum atomic E-state index is 0.495. The Hall–Kier alpha value is -1.93. The SMILES string of the molecule is CCCCCCCCCCCOc1c2ccccc2c(OCCCCCCCCCCC)c2cc(CCl)ccc12. The molecule has 0 heterocycles. The molecule has 0 aliphatic rings. The number of hydrogen-bond donors (Lipinski definition) is 0. The molecular formula is C37H55ClO2. The average Bonchev–Trinajstić information content (AvgIpc) is 2.99. The molecule has 0 atom stereocenters. The number of hydrogen-bond acceptors (Lipinski definition) is 2. The van der Waals surface area contributed by atoms with Crippen molar-refractivity contribution in [2.75, 3.05) is 13.2 Å². The van der Waals surface area contributed by atoms with E-state index in [1.165, 1.54) is 103 Å². The van der Waals surface area contributed by atoms with Gasteiger partial charge in [-0.2, -0.15) is 0 Å². The summed E-state index contributed by atoms with van der Waals surface area (Å²) < 4.78 is 13.1. The summed E-state index contributed by atoms with van der Waals surface area (Å²) in [5, 5.41) is 4.53. The Labute approximate surface area is 250 Å². The maximum atomic E-state index is 6.55. The molecule has 0 aromatic heterocycles. The number of alkyl halides is 1. The fraction of sp³-hybridized carbons (Fsp3) is 0.622. The highest BCUT2D eigenvalue weighted by molar-refractivity contribution is 6.17. The van der Waals surface area contributed by atoms with Gasteiger partial charge in [-0.1, -0.05) is 153 Å². The van der Waals surface area contributed by atoms with Gasteiger partial charge in [-0.15, -0.1) is 11.6 Å². The third-order valence-electron chi connectivity index (χ3n) is 8.13. The van der Waals surface area contributed by atoms with Crippen LogP contribution >= 0.6 is 11.6 Å². The molecule has 3 rings (SSSR count). The average molecular weight is 567 g/mol. The summed E-state index contributed by atoms with van der Waals surface area (Å²) in [5.41, 5.74) is 1.11. The van der Waals surface area contributed by atoms with E-state index in [9.17, 15) is 0 Å². The molecule has 3 aromatic carbocycles. The zero-order valence-electron chi connectivity index (χ0n) is 25.6. The second-order valence-electron chi connectivity index (χ2n) is 11.6. The van der Waals surface area contributed by atoms with Gasteiger partial charge in [0, 0.05) is 27.4 Å². The Balaban J connectivity index is 1.60. The highest BCUT2D eigenvalue weighted by Gasteiger charge is 2.16. The summed E-state index contributed by atoms with van der Waals surface area (Å²) in [6, 6.07) is 15.1. The van der Waals surface area contributed by atoms with Crippen LogP contribution in [0.15, 0.2) is 42.5 Å². The van der Waals surface area contributed by atoms with Crippen molar-refractivity contribution in [2.45, 2.75) is 135 Å². The largest absolute Gasteiger partial charge is 0.492 e. The van der Waals surface area contributed by atoms with E-state index in [0.29, 0.717) is 5.88 Å². The standard InChI is InChI=1S/C37H55ClO2/c1-3-5-7-9-11-13-15-17-21-27-39-36-32-23-19-20-24-33(32)37(35-29-31(30-38)25-26-34(35)36)40-28-22-18-16-14-12-10-8-6-4-2/h19-20,23-26,29H,3-18,21-22,27-28,30H2,1-2H3. The lowest BCUT2D eigenvalue weighted by Gasteiger charge is -2.18. The zero-order valence-corrected chi connectivity index (χ0v) is 26.3. The minimum absolute atomic E-state index is 0.495. The van der Waals surface area contributed by atoms with Crippen LogP contribution in [0, 0.1) is 0 Å². The second-order valence-corrected chi connectivity index (χ2v) is 11.8. The fourth-order valence-electron chi connectivity index (χ4n) is 5.71. The quantitative estimate of drug-likeness (QED) is 0.0645. The van der Waals surface area contributed by atoms with E-state index in [1.807, 2.05) is 0 Å². The van der Waals surface area contributed by atoms with Crippen LogP contribution in [0.3, 0.4) is 0 Å². The fourth-order valence-corrected chi connectivity index (χ4v) is 5.88. The van der Waals surface area contributed by atoms with E-state index in [4.69, 9.17) is 21.1 Å². The van der Waals surface area contributed by atoms with Crippen molar-refractivity contribution in [2.24, 2.45) is 0 Å². The molecule has 3 aromatic rings. The molecule has 3 heteroatoms. The lowest BCUT2D eigenvalue weighted by atomic mass is 9.99. The van der Waals surface area contributed by atoms with Crippen molar-refractivity contribution in [3.8, 4) is 11.5 Å². The summed E-state index contributed by atoms with van der Waals surface area (Å²) in [6.45, 7) is 6.06. The summed E-state index contributed by atoms with van der Waals surface area (Å²) in [7, 11) is 0. The molecule has 0 aliphatic carbocycles. The first kappa shape index (κ1) is 32.6. The number of halogens is 1. The summed E-state index contributed by atoms with van der Waals surface area (Å²) in [4.78, 5) is 0. The molecule has 0 unspecified atom stereocenters. The van der Waals surface area contributed by atoms with Crippen LogP contribution in [0.25, 0.3) is 21.5 Å². The predicted molar refractivity (Wildman–Crippen MR) is 176 cm³/mol. The third-order valence-corrected chi connectivity index (χ3v) is 8.44. The van der Waals surface area contributed by atoms with Gasteiger partial charge in [-0.3, -0.25) is 0 Å². The van der Waals surface area contributed by atoms with Crippen LogP contribution in [0.5, 0.6) is 11.5 Å². The molecule has 2 nitrogen and oxygen atoms in total. The summed E-state index contributed by atoms with van der Waals surface area (Å²) in [6.07, 6.45) is 23.7. The molecule has 0 amide bonds. The first-order valence-electron chi connectivity index (χ1n) is 16.6. The van der Waals surface area contributed by atoms with Crippen LogP contribution in [0.1, 0.15) is 135 Å². The van der Waals surface area contributed by atoms with Crippen LogP contribution < -0.4 is 9.47 Å². The molecule has 40 heavy (non-hydrogen) atoms. The predicted octanol–water partition coefficient (Wildman–Crippen LogP) is 12.6. The summed E-state index contributed by atoms with van der Waals surface area (Å²) >= 11 is 6.26. The van der Waals surface area contributed by atoms with Gasteiger partial charge < -0.3 is 9.47 Å². The van der Waals surface area contributed by atoms with Crippen LogP contribution in [0.2, 0.25) is 0 Å². The second kappa shape index (κ2) is 20.0. The molecule has 0 radical (unpaired) electrons. The van der Waals surface area contributed by atoms with Crippen LogP contribution in [-0.2, 0) is 5.88 Å². The van der Waals surface area contributed by atoms with Crippen molar-refractivity contribution in [1.82, 2.24) is 0 Å². The van der Waals surface area contributed by atoms with Crippen molar-refractivity contribution < 1.29 is 9.47 Å². The zero-order chi connectivity index (χ0) is 28.3. The van der Waals surface area contributed by atoms with Gasteiger partial charge in [0.2, 0.25) is 0 Å². The van der Waals surface area contributed by atoms with Crippen LogP contribution in [-0.4, -0.2) is 13.2 Å². The van der Waals surface area contributed by atoms with E-state index in [2.05, 4.69) is 56.3 Å². The van der Waals surface area contributed by atoms with Gasteiger partial charge >= 0.3 is 0 Å². The molecule has 0 N–H and O–H groups in total. The molecule has 0 saturated heterocycles. The van der Waals surface area contributed by atoms with E-state index in [1.54, 1.807) is 0 Å². The Bertz CT molecular complexity index is 1090. The minimum Gasteiger partial charge on any atom is -0.492 e. The van der Waals surface area contributed by atoms with E-state index >= 15 is 0 Å². The third kappa shape index (κ3) is 10.8. The van der Waals surface area contributed by atoms with E-state index in [0.717, 1.165) is 64.7 Å². The lowest BCUT2D eigenvalue weighted by Crippen LogP contribution is -2.02. The van der Waals surface area contributed by atoms with Gasteiger partial charge in [0.05, 0.1) is 13.2 Å². The number of ether oxygens (including phenoxy) is 2. The van der Waals surface area contributed by atoms with E-state index in [-0.39, 0.29) is 0 Å². The molecule has 0 aliphatic heterocycles. The van der Waals surface area contributed by atoms with Crippen LogP contribution in [0.4, 0.5) is 0 Å². The Morgan fingerprint density at radius 3 is 1.32 bits per heavy atom. The maximum Gasteiger partial charge on any atom is 0.135 e. The first-order valence-corrected chi connectivity index (χ1v) is 17.1. The number of benzene rings is 3. The molecular weight excluding hydrogens is 512 g/mol. The topological polar surface area (TPSA) is 18.5 Å². The van der Waals surface area contributed by atoms with Crippen molar-refractivity contribution in [1.29, 1.82) is 0 Å². The number of unbranched alkanes of at least 4 members (excludes halogenated alkanes) is 16. The Morgan fingerprint density at radius 2 is 0.875 bits per heavy atom. The van der Waals surface area contributed by atoms with Crippen molar-refractivity contribution in [3.63, 3.8) is 0 Å². The van der Waals surface area contributed by atoms with Gasteiger partial charge in [0.1, 0.15) is 11.5 Å². The normalized spacial score (nSPS) is 11.5. The van der Waals surface area contributed by atoms with Gasteiger partial charge in [-0.25, -0.2) is 0 Å². The van der Waals surface area contributed by atoms with Gasteiger partial charge in [-0.05, 0) is 24.5 Å². The first-order chi connectivity index (χ1) is 19.8. The molecule has 222 valence electrons. The Kier molecular flexibility index (Phi) is 16.3. The summed E-state index contributed by atoms with van der Waals surface area (Å²) in [5.74, 6) is 2.46. The highest BCUT2D eigenvalue weighted by atomic mass is 35.5. The molecule has 0 saturated carbocycles. The molecule has 0 spiro atoms.